The topological polar surface area (TPSA) is 84.9 Å². The van der Waals surface area contributed by atoms with Crippen LogP contribution in [0.2, 0.25) is 0 Å². The molecule has 3 N–H and O–H groups in total. The molecule has 0 aliphatic heterocycles. The van der Waals surface area contributed by atoms with Crippen LogP contribution >= 0.6 is 0 Å². The van der Waals surface area contributed by atoms with Crippen molar-refractivity contribution in [2.75, 3.05) is 6.61 Å². The first-order chi connectivity index (χ1) is 8.64. The van der Waals surface area contributed by atoms with Gasteiger partial charge >= 0.3 is 5.97 Å². The van der Waals surface area contributed by atoms with E-state index in [2.05, 4.69) is 5.16 Å². The molecule has 104 valence electrons. The van der Waals surface area contributed by atoms with Crippen LogP contribution in [-0.4, -0.2) is 23.6 Å². The summed E-state index contributed by atoms with van der Waals surface area (Å²) in [4.78, 5) is 12.1. The fourth-order valence-electron chi connectivity index (χ4n) is 2.73. The highest BCUT2D eigenvalue weighted by atomic mass is 16.5. The summed E-state index contributed by atoms with van der Waals surface area (Å²) in [6.45, 7) is 2.27. The lowest BCUT2D eigenvalue weighted by molar-refractivity contribution is -0.158. The van der Waals surface area contributed by atoms with Gasteiger partial charge in [0.1, 0.15) is 5.84 Å². The Morgan fingerprint density at radius 1 is 1.39 bits per heavy atom. The number of rotatable bonds is 6. The van der Waals surface area contributed by atoms with Gasteiger partial charge in [-0.1, -0.05) is 24.4 Å². The van der Waals surface area contributed by atoms with Crippen molar-refractivity contribution >= 4 is 11.8 Å². The van der Waals surface area contributed by atoms with Gasteiger partial charge in [0.25, 0.3) is 0 Å². The maximum Gasteiger partial charge on any atom is 0.312 e. The molecule has 0 atom stereocenters. The van der Waals surface area contributed by atoms with Crippen molar-refractivity contribution in [3.8, 4) is 0 Å². The number of hydrogen-bond acceptors (Lipinski definition) is 4. The molecule has 5 heteroatoms. The molecular formula is C13H24N2O3. The van der Waals surface area contributed by atoms with Crippen LogP contribution in [0.4, 0.5) is 0 Å². The van der Waals surface area contributed by atoms with Crippen molar-refractivity contribution in [2.24, 2.45) is 16.3 Å². The molecule has 0 heterocycles. The van der Waals surface area contributed by atoms with E-state index in [1.165, 1.54) is 6.42 Å². The van der Waals surface area contributed by atoms with E-state index in [0.29, 0.717) is 13.0 Å². The van der Waals surface area contributed by atoms with Crippen molar-refractivity contribution in [3.63, 3.8) is 0 Å². The maximum absolute atomic E-state index is 12.1. The Hall–Kier alpha value is -1.26. The van der Waals surface area contributed by atoms with E-state index in [0.717, 1.165) is 38.5 Å². The number of oxime groups is 1. The van der Waals surface area contributed by atoms with Crippen LogP contribution in [0.15, 0.2) is 5.16 Å². The lowest BCUT2D eigenvalue weighted by Crippen LogP contribution is -2.35. The monoisotopic (exact) mass is 256 g/mol. The third-order valence-electron chi connectivity index (χ3n) is 3.74. The summed E-state index contributed by atoms with van der Waals surface area (Å²) in [5.74, 6) is 0.161. The number of carbonyl (C=O) groups excluding carboxylic acids is 1. The van der Waals surface area contributed by atoms with Crippen molar-refractivity contribution < 1.29 is 14.7 Å². The molecule has 18 heavy (non-hydrogen) atoms. The summed E-state index contributed by atoms with van der Waals surface area (Å²) >= 11 is 0. The Morgan fingerprint density at radius 3 is 2.61 bits per heavy atom. The van der Waals surface area contributed by atoms with Gasteiger partial charge in [-0.05, 0) is 32.6 Å². The summed E-state index contributed by atoms with van der Waals surface area (Å²) in [5, 5.41) is 11.5. The van der Waals surface area contributed by atoms with Crippen molar-refractivity contribution in [2.45, 2.75) is 58.3 Å². The Kier molecular flexibility index (Phi) is 5.95. The molecule has 0 unspecified atom stereocenters. The Labute approximate surface area is 108 Å². The Balaban J connectivity index is 2.57. The minimum atomic E-state index is -0.329. The standard InChI is InChI=1S/C13H24N2O3/c1-2-18-12(16)13(8-4-3-5-9-13)10-6-7-11(14)15-17/h17H,2-10H2,1H3,(H2,14,15). The molecule has 1 saturated carbocycles. The Bertz CT molecular complexity index is 297. The third kappa shape index (κ3) is 3.89. The number of nitrogens with two attached hydrogens (primary N) is 1. The lowest BCUT2D eigenvalue weighted by atomic mass is 9.71. The lowest BCUT2D eigenvalue weighted by Gasteiger charge is -2.34. The van der Waals surface area contributed by atoms with Gasteiger partial charge in [-0.3, -0.25) is 4.79 Å². The van der Waals surface area contributed by atoms with E-state index in [1.807, 2.05) is 6.92 Å². The van der Waals surface area contributed by atoms with E-state index >= 15 is 0 Å². The minimum Gasteiger partial charge on any atom is -0.466 e. The zero-order valence-corrected chi connectivity index (χ0v) is 11.2. The number of hydrogen-bond donors (Lipinski definition) is 2. The fourth-order valence-corrected chi connectivity index (χ4v) is 2.73. The van der Waals surface area contributed by atoms with Gasteiger partial charge in [0.05, 0.1) is 12.0 Å². The maximum atomic E-state index is 12.1. The molecule has 1 fully saturated rings. The molecule has 0 aromatic carbocycles. The van der Waals surface area contributed by atoms with E-state index < -0.39 is 0 Å². The normalized spacial score (nSPS) is 19.5. The second-order valence-electron chi connectivity index (χ2n) is 5.01. The summed E-state index contributed by atoms with van der Waals surface area (Å²) in [6, 6.07) is 0. The summed E-state index contributed by atoms with van der Waals surface area (Å²) in [6.07, 6.45) is 7.23. The van der Waals surface area contributed by atoms with E-state index in [-0.39, 0.29) is 17.2 Å². The molecular weight excluding hydrogens is 232 g/mol. The number of esters is 1. The zero-order chi connectivity index (χ0) is 13.4. The highest BCUT2D eigenvalue weighted by molar-refractivity contribution is 5.80. The molecule has 1 aliphatic carbocycles. The van der Waals surface area contributed by atoms with Crippen LogP contribution in [0.3, 0.4) is 0 Å². The van der Waals surface area contributed by atoms with Crippen LogP contribution in [0, 0.1) is 5.41 Å². The molecule has 1 rings (SSSR count). The smallest absolute Gasteiger partial charge is 0.312 e. The largest absolute Gasteiger partial charge is 0.466 e. The van der Waals surface area contributed by atoms with Crippen LogP contribution in [0.25, 0.3) is 0 Å². The van der Waals surface area contributed by atoms with Gasteiger partial charge < -0.3 is 15.7 Å². The Morgan fingerprint density at radius 2 is 2.06 bits per heavy atom. The van der Waals surface area contributed by atoms with E-state index in [9.17, 15) is 4.79 Å². The molecule has 0 spiro atoms. The first-order valence-electron chi connectivity index (χ1n) is 6.78. The third-order valence-corrected chi connectivity index (χ3v) is 3.74. The first kappa shape index (κ1) is 14.8. The molecule has 1 aliphatic rings. The molecule has 5 nitrogen and oxygen atoms in total. The highest BCUT2D eigenvalue weighted by Crippen LogP contribution is 2.41. The molecule has 0 saturated heterocycles. The van der Waals surface area contributed by atoms with Crippen LogP contribution in [0.1, 0.15) is 58.3 Å². The van der Waals surface area contributed by atoms with Crippen molar-refractivity contribution in [1.82, 2.24) is 0 Å². The molecule has 0 aromatic rings. The van der Waals surface area contributed by atoms with Gasteiger partial charge in [0, 0.05) is 6.42 Å². The molecule has 0 radical (unpaired) electrons. The highest BCUT2D eigenvalue weighted by Gasteiger charge is 2.40. The zero-order valence-electron chi connectivity index (χ0n) is 11.2. The average molecular weight is 256 g/mol. The van der Waals surface area contributed by atoms with Crippen molar-refractivity contribution in [3.05, 3.63) is 0 Å². The fraction of sp³-hybridized carbons (Fsp3) is 0.846. The van der Waals surface area contributed by atoms with E-state index in [1.54, 1.807) is 0 Å². The van der Waals surface area contributed by atoms with Gasteiger partial charge in [-0.15, -0.1) is 0 Å². The molecule has 0 amide bonds. The molecule has 0 aromatic heterocycles. The number of ether oxygens (including phenoxy) is 1. The summed E-state index contributed by atoms with van der Waals surface area (Å²) in [5.41, 5.74) is 5.12. The predicted octanol–water partition coefficient (Wildman–Crippen LogP) is 2.42. The predicted molar refractivity (Wildman–Crippen MR) is 69.4 cm³/mol. The molecule has 0 bridgehead atoms. The van der Waals surface area contributed by atoms with Crippen LogP contribution < -0.4 is 5.73 Å². The van der Waals surface area contributed by atoms with Crippen LogP contribution in [0.5, 0.6) is 0 Å². The second-order valence-corrected chi connectivity index (χ2v) is 5.01. The van der Waals surface area contributed by atoms with Gasteiger partial charge in [0.2, 0.25) is 0 Å². The average Bonchev–Trinajstić information content (AvgIpc) is 2.40. The van der Waals surface area contributed by atoms with Gasteiger partial charge in [-0.25, -0.2) is 0 Å². The van der Waals surface area contributed by atoms with Crippen molar-refractivity contribution in [1.29, 1.82) is 0 Å². The van der Waals surface area contributed by atoms with Gasteiger partial charge in [-0.2, -0.15) is 0 Å². The summed E-state index contributed by atoms with van der Waals surface area (Å²) in [7, 11) is 0. The number of amidine groups is 1. The quantitative estimate of drug-likeness (QED) is 0.251. The van der Waals surface area contributed by atoms with Gasteiger partial charge in [0.15, 0.2) is 0 Å². The minimum absolute atomic E-state index is 0.0655. The number of carbonyl (C=O) groups is 1. The van der Waals surface area contributed by atoms with E-state index in [4.69, 9.17) is 15.7 Å². The number of nitrogens with zero attached hydrogens (tertiary/aromatic N) is 1. The first-order valence-corrected chi connectivity index (χ1v) is 6.78. The van der Waals surface area contributed by atoms with Crippen LogP contribution in [-0.2, 0) is 9.53 Å². The SMILES string of the molecule is CCOC(=O)C1(CCC/C(N)=N/O)CCCCC1. The second kappa shape index (κ2) is 7.24. The summed E-state index contributed by atoms with van der Waals surface area (Å²) < 4.78 is 5.22.